The molecule has 0 amide bonds. The normalized spacial score (nSPS) is 13.3. The number of aryl methyl sites for hydroxylation is 1. The Balaban J connectivity index is 2.86. The Morgan fingerprint density at radius 2 is 2.00 bits per heavy atom. The minimum absolute atomic E-state index is 0.362. The van der Waals surface area contributed by atoms with Crippen LogP contribution >= 0.6 is 0 Å². The molecular formula is C11H18N2. The molecule has 2 nitrogen and oxygen atoms in total. The van der Waals surface area contributed by atoms with Crippen LogP contribution in [0.4, 0.5) is 0 Å². The zero-order valence-corrected chi connectivity index (χ0v) is 8.83. The number of pyridine rings is 1. The van der Waals surface area contributed by atoms with E-state index >= 15 is 0 Å². The molecule has 1 aromatic rings. The molecule has 1 heterocycles. The van der Waals surface area contributed by atoms with E-state index in [4.69, 9.17) is 0 Å². The van der Waals surface area contributed by atoms with E-state index in [9.17, 15) is 0 Å². The second-order valence-corrected chi connectivity index (χ2v) is 3.77. The smallest absolute Gasteiger partial charge is 0.0575 e. The highest BCUT2D eigenvalue weighted by molar-refractivity contribution is 5.15. The monoisotopic (exact) mass is 178 g/mol. The molecule has 0 fully saturated rings. The lowest BCUT2D eigenvalue weighted by molar-refractivity contribution is 0.433. The van der Waals surface area contributed by atoms with Crippen molar-refractivity contribution < 1.29 is 0 Å². The van der Waals surface area contributed by atoms with Crippen LogP contribution in [0.1, 0.15) is 31.1 Å². The summed E-state index contributed by atoms with van der Waals surface area (Å²) < 4.78 is 0. The molecule has 0 aliphatic carbocycles. The van der Waals surface area contributed by atoms with Gasteiger partial charge in [0.1, 0.15) is 0 Å². The number of rotatable bonds is 3. The van der Waals surface area contributed by atoms with E-state index in [0.29, 0.717) is 12.0 Å². The molecule has 0 saturated heterocycles. The third-order valence-corrected chi connectivity index (χ3v) is 2.23. The number of hydrogen-bond acceptors (Lipinski definition) is 2. The predicted molar refractivity (Wildman–Crippen MR) is 55.6 cm³/mol. The minimum atomic E-state index is 0.362. The van der Waals surface area contributed by atoms with Crippen molar-refractivity contribution in [1.29, 1.82) is 0 Å². The van der Waals surface area contributed by atoms with Gasteiger partial charge in [-0.2, -0.15) is 0 Å². The molecule has 72 valence electrons. The van der Waals surface area contributed by atoms with Crippen LogP contribution in [0.2, 0.25) is 0 Å². The Hall–Kier alpha value is -0.890. The van der Waals surface area contributed by atoms with E-state index in [1.807, 2.05) is 13.2 Å². The first-order valence-electron chi connectivity index (χ1n) is 4.75. The Bertz CT molecular complexity index is 251. The fourth-order valence-electron chi connectivity index (χ4n) is 1.49. The van der Waals surface area contributed by atoms with E-state index in [1.165, 1.54) is 5.56 Å². The van der Waals surface area contributed by atoms with Gasteiger partial charge in [0, 0.05) is 6.20 Å². The molecule has 0 aliphatic rings. The molecule has 0 aromatic carbocycles. The molecular weight excluding hydrogens is 160 g/mol. The van der Waals surface area contributed by atoms with Crippen molar-refractivity contribution >= 4 is 0 Å². The highest BCUT2D eigenvalue weighted by atomic mass is 14.9. The third-order valence-electron chi connectivity index (χ3n) is 2.23. The van der Waals surface area contributed by atoms with Gasteiger partial charge in [-0.05, 0) is 31.5 Å². The van der Waals surface area contributed by atoms with Crippen molar-refractivity contribution in [3.8, 4) is 0 Å². The lowest BCUT2D eigenvalue weighted by atomic mass is 10.0. The number of aromatic nitrogens is 1. The van der Waals surface area contributed by atoms with Crippen LogP contribution in [-0.4, -0.2) is 12.0 Å². The van der Waals surface area contributed by atoms with Crippen molar-refractivity contribution in [2.45, 2.75) is 26.8 Å². The number of nitrogens with one attached hydrogen (secondary N) is 1. The average Bonchev–Trinajstić information content (AvgIpc) is 2.09. The zero-order chi connectivity index (χ0) is 9.84. The lowest BCUT2D eigenvalue weighted by Gasteiger charge is -2.19. The van der Waals surface area contributed by atoms with E-state index in [0.717, 1.165) is 5.69 Å². The van der Waals surface area contributed by atoms with Crippen LogP contribution in [0.15, 0.2) is 18.3 Å². The van der Waals surface area contributed by atoms with Gasteiger partial charge >= 0.3 is 0 Å². The van der Waals surface area contributed by atoms with Crippen LogP contribution in [0, 0.1) is 12.8 Å². The lowest BCUT2D eigenvalue weighted by Crippen LogP contribution is -2.22. The average molecular weight is 178 g/mol. The molecule has 0 radical (unpaired) electrons. The molecule has 1 aromatic heterocycles. The van der Waals surface area contributed by atoms with E-state index in [1.54, 1.807) is 0 Å². The van der Waals surface area contributed by atoms with Gasteiger partial charge in [-0.1, -0.05) is 19.9 Å². The molecule has 0 saturated carbocycles. The molecule has 1 rings (SSSR count). The van der Waals surface area contributed by atoms with Crippen molar-refractivity contribution in [2.24, 2.45) is 5.92 Å². The highest BCUT2D eigenvalue weighted by Crippen LogP contribution is 2.18. The molecule has 0 spiro atoms. The largest absolute Gasteiger partial charge is 0.311 e. The molecule has 1 unspecified atom stereocenters. The second-order valence-electron chi connectivity index (χ2n) is 3.77. The number of hydrogen-bond donors (Lipinski definition) is 1. The van der Waals surface area contributed by atoms with Gasteiger partial charge < -0.3 is 5.32 Å². The quantitative estimate of drug-likeness (QED) is 0.768. The molecule has 0 bridgehead atoms. The van der Waals surface area contributed by atoms with Crippen LogP contribution in [0.5, 0.6) is 0 Å². The van der Waals surface area contributed by atoms with E-state index < -0.39 is 0 Å². The standard InChI is InChI=1S/C11H18N2/c1-8(2)11(12-4)10-6-5-9(3)7-13-10/h5-8,11-12H,1-4H3. The highest BCUT2D eigenvalue weighted by Gasteiger charge is 2.13. The Labute approximate surface area is 80.4 Å². The van der Waals surface area contributed by atoms with Gasteiger partial charge in [-0.15, -0.1) is 0 Å². The van der Waals surface area contributed by atoms with Crippen LogP contribution in [0.25, 0.3) is 0 Å². The van der Waals surface area contributed by atoms with Crippen molar-refractivity contribution in [2.75, 3.05) is 7.05 Å². The van der Waals surface area contributed by atoms with Crippen LogP contribution < -0.4 is 5.32 Å². The Kier molecular flexibility index (Phi) is 3.43. The molecule has 1 atom stereocenters. The van der Waals surface area contributed by atoms with Crippen LogP contribution in [-0.2, 0) is 0 Å². The zero-order valence-electron chi connectivity index (χ0n) is 8.83. The fraction of sp³-hybridized carbons (Fsp3) is 0.545. The van der Waals surface area contributed by atoms with Gasteiger partial charge in [0.05, 0.1) is 11.7 Å². The van der Waals surface area contributed by atoms with Crippen molar-refractivity contribution in [3.63, 3.8) is 0 Å². The van der Waals surface area contributed by atoms with E-state index in [-0.39, 0.29) is 0 Å². The summed E-state index contributed by atoms with van der Waals surface area (Å²) in [6.45, 7) is 6.45. The summed E-state index contributed by atoms with van der Waals surface area (Å²) in [4.78, 5) is 4.41. The predicted octanol–water partition coefficient (Wildman–Crippen LogP) is 2.31. The molecule has 2 heteroatoms. The van der Waals surface area contributed by atoms with Gasteiger partial charge in [0.2, 0.25) is 0 Å². The maximum atomic E-state index is 4.41. The van der Waals surface area contributed by atoms with Gasteiger partial charge in [0.25, 0.3) is 0 Å². The minimum Gasteiger partial charge on any atom is -0.311 e. The SMILES string of the molecule is CNC(c1ccc(C)cn1)C(C)C. The molecule has 13 heavy (non-hydrogen) atoms. The Morgan fingerprint density at radius 3 is 2.38 bits per heavy atom. The van der Waals surface area contributed by atoms with Crippen molar-refractivity contribution in [1.82, 2.24) is 10.3 Å². The second kappa shape index (κ2) is 4.38. The first kappa shape index (κ1) is 10.2. The molecule has 0 aliphatic heterocycles. The van der Waals surface area contributed by atoms with Gasteiger partial charge in [-0.25, -0.2) is 0 Å². The number of nitrogens with zero attached hydrogens (tertiary/aromatic N) is 1. The van der Waals surface area contributed by atoms with Crippen LogP contribution in [0.3, 0.4) is 0 Å². The van der Waals surface area contributed by atoms with Gasteiger partial charge in [0.15, 0.2) is 0 Å². The summed E-state index contributed by atoms with van der Waals surface area (Å²) in [5, 5.41) is 3.27. The first-order valence-corrected chi connectivity index (χ1v) is 4.75. The summed E-state index contributed by atoms with van der Waals surface area (Å²) in [6, 6.07) is 4.56. The summed E-state index contributed by atoms with van der Waals surface area (Å²) >= 11 is 0. The summed E-state index contributed by atoms with van der Waals surface area (Å²) in [5.41, 5.74) is 2.34. The van der Waals surface area contributed by atoms with Gasteiger partial charge in [-0.3, -0.25) is 4.98 Å². The first-order chi connectivity index (χ1) is 6.15. The maximum absolute atomic E-state index is 4.41. The van der Waals surface area contributed by atoms with Crippen molar-refractivity contribution in [3.05, 3.63) is 29.6 Å². The molecule has 1 N–H and O–H groups in total. The van der Waals surface area contributed by atoms with E-state index in [2.05, 4.69) is 43.2 Å². The Morgan fingerprint density at radius 1 is 1.31 bits per heavy atom. The third kappa shape index (κ3) is 2.52. The summed E-state index contributed by atoms with van der Waals surface area (Å²) in [6.07, 6.45) is 1.92. The topological polar surface area (TPSA) is 24.9 Å². The fourth-order valence-corrected chi connectivity index (χ4v) is 1.49. The summed E-state index contributed by atoms with van der Waals surface area (Å²) in [7, 11) is 1.98. The maximum Gasteiger partial charge on any atom is 0.0575 e. The summed E-state index contributed by atoms with van der Waals surface area (Å²) in [5.74, 6) is 0.570.